The van der Waals surface area contributed by atoms with Gasteiger partial charge in [-0.2, -0.15) is 0 Å². The highest BCUT2D eigenvalue weighted by Gasteiger charge is 2.30. The minimum atomic E-state index is -4.95. The molecule has 0 saturated heterocycles. The Bertz CT molecular complexity index is 1710. The van der Waals surface area contributed by atoms with E-state index in [4.69, 9.17) is 37.0 Å². The minimum absolute atomic E-state index is 0.0857. The summed E-state index contributed by atoms with van der Waals surface area (Å²) in [6.45, 7) is 4.73. The number of rotatable bonds is 64. The average Bonchev–Trinajstić information content (AvgIpc) is 3.60. The van der Waals surface area contributed by atoms with E-state index in [1.165, 1.54) is 122 Å². The van der Waals surface area contributed by atoms with Crippen molar-refractivity contribution in [1.29, 1.82) is 0 Å². The van der Waals surface area contributed by atoms with E-state index in [1.807, 2.05) is 0 Å². The molecular formula is C65H122O17P2. The molecule has 0 bridgehead atoms. The first-order chi connectivity index (χ1) is 40.7. The highest BCUT2D eigenvalue weighted by Crippen LogP contribution is 2.45. The lowest BCUT2D eigenvalue weighted by atomic mass is 10.0. The number of carbonyl (C=O) groups excluding carboxylic acids is 4. The number of esters is 4. The van der Waals surface area contributed by atoms with Crippen LogP contribution in [0.3, 0.4) is 0 Å². The molecule has 0 aromatic rings. The summed E-state index contributed by atoms with van der Waals surface area (Å²) in [5.41, 5.74) is 0. The second-order valence-corrected chi connectivity index (χ2v) is 25.7. The van der Waals surface area contributed by atoms with E-state index in [0.29, 0.717) is 25.7 Å². The lowest BCUT2D eigenvalue weighted by Gasteiger charge is -2.21. The van der Waals surface area contributed by atoms with Crippen LogP contribution in [0.4, 0.5) is 0 Å². The number of unbranched alkanes of at least 4 members (excludes halogenated alkanes) is 35. The zero-order chi connectivity index (χ0) is 61.9. The number of hydrogen-bond donors (Lipinski definition) is 3. The van der Waals surface area contributed by atoms with Crippen molar-refractivity contribution in [2.45, 2.75) is 329 Å². The van der Waals surface area contributed by atoms with Gasteiger partial charge in [0.05, 0.1) is 26.4 Å². The molecule has 0 fully saturated rings. The van der Waals surface area contributed by atoms with Crippen LogP contribution in [0, 0.1) is 0 Å². The van der Waals surface area contributed by atoms with Gasteiger partial charge < -0.3 is 33.8 Å². The third kappa shape index (κ3) is 58.6. The number of aliphatic hydroxyl groups excluding tert-OH is 1. The number of phosphoric ester groups is 2. The summed E-state index contributed by atoms with van der Waals surface area (Å²) in [5.74, 6) is -2.17. The largest absolute Gasteiger partial charge is 0.472 e. The van der Waals surface area contributed by atoms with E-state index in [2.05, 4.69) is 52.0 Å². The van der Waals surface area contributed by atoms with Crippen molar-refractivity contribution in [3.8, 4) is 0 Å². The maximum atomic E-state index is 13.0. The van der Waals surface area contributed by atoms with Crippen LogP contribution < -0.4 is 0 Å². The Morgan fingerprint density at radius 2 is 0.571 bits per heavy atom. The smallest absolute Gasteiger partial charge is 0.462 e. The normalized spacial score (nSPS) is 14.3. The SMILES string of the molecule is CCCCCC/C=C\C=C/CCCCCCCC(=O)O[C@H](COC(=O)CCCCCCCCCCCCCCCCC)COP(=O)(O)OC[C@@H](O)COP(=O)(O)OC[C@@H](COC(=O)CCCCCCC)OC(=O)CCCCCCCCCCC. The van der Waals surface area contributed by atoms with Crippen LogP contribution in [0.5, 0.6) is 0 Å². The Morgan fingerprint density at radius 1 is 0.333 bits per heavy atom. The molecule has 5 atom stereocenters. The van der Waals surface area contributed by atoms with Crippen LogP contribution in [-0.2, 0) is 65.4 Å². The molecule has 0 heterocycles. The molecule has 3 N–H and O–H groups in total. The van der Waals surface area contributed by atoms with Gasteiger partial charge in [0.15, 0.2) is 12.2 Å². The maximum Gasteiger partial charge on any atom is 0.472 e. The number of carbonyl (C=O) groups is 4. The van der Waals surface area contributed by atoms with Crippen LogP contribution in [-0.4, -0.2) is 96.7 Å². The molecular weight excluding hydrogens is 1110 g/mol. The zero-order valence-electron chi connectivity index (χ0n) is 53.3. The van der Waals surface area contributed by atoms with Gasteiger partial charge >= 0.3 is 39.5 Å². The van der Waals surface area contributed by atoms with E-state index >= 15 is 0 Å². The zero-order valence-corrected chi connectivity index (χ0v) is 55.1. The lowest BCUT2D eigenvalue weighted by molar-refractivity contribution is -0.161. The second-order valence-electron chi connectivity index (χ2n) is 22.8. The van der Waals surface area contributed by atoms with Gasteiger partial charge in [0, 0.05) is 25.7 Å². The average molecular weight is 1240 g/mol. The lowest BCUT2D eigenvalue weighted by Crippen LogP contribution is -2.30. The number of aliphatic hydroxyl groups is 1. The molecule has 0 aliphatic carbocycles. The molecule has 0 aliphatic rings. The first-order valence-electron chi connectivity index (χ1n) is 33.6. The van der Waals surface area contributed by atoms with Crippen molar-refractivity contribution < 1.29 is 80.2 Å². The Kier molecular flexibility index (Phi) is 57.8. The Hall–Kier alpha value is -2.46. The van der Waals surface area contributed by atoms with Crippen molar-refractivity contribution in [2.24, 2.45) is 0 Å². The number of allylic oxidation sites excluding steroid dienone is 4. The fraction of sp³-hybridized carbons (Fsp3) is 0.877. The standard InChI is InChI=1S/C65H122O17P2/c1-5-9-13-17-20-23-25-27-29-31-33-36-38-42-46-50-63(68)76-56-61(82-65(70)52-48-44-40-37-34-32-30-28-26-24-21-18-14-10-6-2)58-80-84(73,74)78-54-59(66)53-77-83(71,72)79-57-60(55-75-62(67)49-45-41-16-12-8-4)81-64(69)51-47-43-39-35-22-19-15-11-7-3/h24,26,28,30,59-61,66H,5-23,25,27,29,31-58H2,1-4H3,(H,71,72)(H,73,74)/b26-24-,30-28-/t59-,60+,61+/m0/s1. The van der Waals surface area contributed by atoms with Gasteiger partial charge in [0.1, 0.15) is 19.3 Å². The van der Waals surface area contributed by atoms with Crippen LogP contribution in [0.2, 0.25) is 0 Å². The van der Waals surface area contributed by atoms with Gasteiger partial charge in [0.2, 0.25) is 0 Å². The molecule has 0 aliphatic heterocycles. The molecule has 0 spiro atoms. The highest BCUT2D eigenvalue weighted by molar-refractivity contribution is 7.47. The van der Waals surface area contributed by atoms with Crippen molar-refractivity contribution in [3.05, 3.63) is 24.3 Å². The molecule has 0 saturated carbocycles. The molecule has 0 rings (SSSR count). The van der Waals surface area contributed by atoms with Crippen molar-refractivity contribution >= 4 is 39.5 Å². The Morgan fingerprint density at radius 3 is 0.869 bits per heavy atom. The monoisotopic (exact) mass is 1240 g/mol. The van der Waals surface area contributed by atoms with E-state index in [1.54, 1.807) is 0 Å². The predicted molar refractivity (Wildman–Crippen MR) is 335 cm³/mol. The van der Waals surface area contributed by atoms with Gasteiger partial charge in [-0.25, -0.2) is 9.13 Å². The fourth-order valence-electron chi connectivity index (χ4n) is 9.27. The summed E-state index contributed by atoms with van der Waals surface area (Å²) in [6, 6.07) is 0. The third-order valence-electron chi connectivity index (χ3n) is 14.5. The van der Waals surface area contributed by atoms with E-state index < -0.39 is 97.5 Å². The summed E-state index contributed by atoms with van der Waals surface area (Å²) in [7, 11) is -9.89. The summed E-state index contributed by atoms with van der Waals surface area (Å²) < 4.78 is 67.8. The summed E-state index contributed by atoms with van der Waals surface area (Å²) in [6.07, 6.45) is 48.4. The molecule has 494 valence electrons. The van der Waals surface area contributed by atoms with Crippen molar-refractivity contribution in [3.63, 3.8) is 0 Å². The van der Waals surface area contributed by atoms with Gasteiger partial charge in [-0.1, -0.05) is 257 Å². The number of ether oxygens (including phenoxy) is 4. The molecule has 17 nitrogen and oxygen atoms in total. The molecule has 0 amide bonds. The third-order valence-corrected chi connectivity index (χ3v) is 16.4. The first kappa shape index (κ1) is 81.5. The van der Waals surface area contributed by atoms with Crippen molar-refractivity contribution in [2.75, 3.05) is 39.6 Å². The fourth-order valence-corrected chi connectivity index (χ4v) is 10.8. The van der Waals surface area contributed by atoms with E-state index in [-0.39, 0.29) is 25.7 Å². The van der Waals surface area contributed by atoms with E-state index in [0.717, 1.165) is 109 Å². The topological polar surface area (TPSA) is 237 Å². The van der Waals surface area contributed by atoms with Gasteiger partial charge in [-0.05, 0) is 51.4 Å². The van der Waals surface area contributed by atoms with Crippen LogP contribution >= 0.6 is 15.6 Å². The van der Waals surface area contributed by atoms with Gasteiger partial charge in [0.25, 0.3) is 0 Å². The van der Waals surface area contributed by atoms with Crippen molar-refractivity contribution in [1.82, 2.24) is 0 Å². The molecule has 0 radical (unpaired) electrons. The summed E-state index contributed by atoms with van der Waals surface area (Å²) >= 11 is 0. The second kappa shape index (κ2) is 59.5. The number of phosphoric acid groups is 2. The molecule has 0 aromatic heterocycles. The Labute approximate surface area is 510 Å². The minimum Gasteiger partial charge on any atom is -0.462 e. The summed E-state index contributed by atoms with van der Waals surface area (Å²) in [5, 5.41) is 10.5. The molecule has 2 unspecified atom stereocenters. The van der Waals surface area contributed by atoms with Crippen LogP contribution in [0.1, 0.15) is 310 Å². The molecule has 0 aromatic carbocycles. The predicted octanol–water partition coefficient (Wildman–Crippen LogP) is 17.9. The quantitative estimate of drug-likeness (QED) is 0.0169. The Balaban J connectivity index is 5.20. The molecule has 19 heteroatoms. The van der Waals surface area contributed by atoms with Gasteiger partial charge in [-0.15, -0.1) is 0 Å². The number of hydrogen-bond acceptors (Lipinski definition) is 15. The van der Waals surface area contributed by atoms with Crippen LogP contribution in [0.15, 0.2) is 24.3 Å². The maximum absolute atomic E-state index is 13.0. The van der Waals surface area contributed by atoms with E-state index in [9.17, 15) is 43.2 Å². The first-order valence-corrected chi connectivity index (χ1v) is 36.6. The highest BCUT2D eigenvalue weighted by atomic mass is 31.2. The molecule has 84 heavy (non-hydrogen) atoms. The van der Waals surface area contributed by atoms with Gasteiger partial charge in [-0.3, -0.25) is 37.3 Å². The summed E-state index contributed by atoms with van der Waals surface area (Å²) in [4.78, 5) is 71.9. The van der Waals surface area contributed by atoms with Crippen LogP contribution in [0.25, 0.3) is 0 Å².